The first-order valence-corrected chi connectivity index (χ1v) is 14.7. The molecule has 4 unspecified atom stereocenters. The van der Waals surface area contributed by atoms with E-state index in [4.69, 9.17) is 23.2 Å². The predicted molar refractivity (Wildman–Crippen MR) is 149 cm³/mol. The molecule has 38 heavy (non-hydrogen) atoms. The number of thioether (sulfide) groups is 1. The summed E-state index contributed by atoms with van der Waals surface area (Å²) in [5.41, 5.74) is -0.377. The van der Waals surface area contributed by atoms with Crippen molar-refractivity contribution in [3.63, 3.8) is 0 Å². The number of fused-ring (bicyclic) bond motifs is 2. The summed E-state index contributed by atoms with van der Waals surface area (Å²) in [4.78, 5) is 28.9. The number of hydrogen-bond donors (Lipinski definition) is 3. The Balaban J connectivity index is 1.67. The van der Waals surface area contributed by atoms with Crippen molar-refractivity contribution in [1.29, 1.82) is 0 Å². The lowest BCUT2D eigenvalue weighted by Crippen LogP contribution is -2.49. The monoisotopic (exact) mass is 578 g/mol. The van der Waals surface area contributed by atoms with E-state index in [2.05, 4.69) is 31.4 Å². The van der Waals surface area contributed by atoms with Crippen molar-refractivity contribution in [2.75, 3.05) is 0 Å². The normalized spacial score (nSPS) is 31.0. The molecular weight excluding hydrogens is 546 g/mol. The number of aliphatic hydroxyl groups excluding tert-OH is 1. The lowest BCUT2D eigenvalue weighted by atomic mass is 9.62. The number of halogens is 3. The van der Waals surface area contributed by atoms with Crippen LogP contribution in [0.1, 0.15) is 69.9 Å². The Morgan fingerprint density at radius 1 is 1.18 bits per heavy atom. The molecule has 5 nitrogen and oxygen atoms in total. The Morgan fingerprint density at radius 2 is 1.89 bits per heavy atom. The molecule has 2 aromatic carbocycles. The fourth-order valence-electron chi connectivity index (χ4n) is 6.52. The maximum absolute atomic E-state index is 15.8. The van der Waals surface area contributed by atoms with E-state index in [0.29, 0.717) is 37.1 Å². The molecule has 4 atom stereocenters. The van der Waals surface area contributed by atoms with E-state index in [9.17, 15) is 14.7 Å². The summed E-state index contributed by atoms with van der Waals surface area (Å²) in [6, 6.07) is 8.77. The first-order valence-electron chi connectivity index (χ1n) is 13.1. The van der Waals surface area contributed by atoms with E-state index in [1.54, 1.807) is 24.3 Å². The Labute approximate surface area is 237 Å². The maximum atomic E-state index is 15.8. The van der Waals surface area contributed by atoms with Gasteiger partial charge in [0.25, 0.3) is 0 Å². The van der Waals surface area contributed by atoms with Gasteiger partial charge in [-0.15, -0.1) is 0 Å². The summed E-state index contributed by atoms with van der Waals surface area (Å²) in [5.74, 6) is -1.72. The van der Waals surface area contributed by atoms with Gasteiger partial charge in [0.15, 0.2) is 0 Å². The molecule has 0 radical (unpaired) electrons. The van der Waals surface area contributed by atoms with Crippen molar-refractivity contribution in [1.82, 2.24) is 10.6 Å². The highest BCUT2D eigenvalue weighted by Crippen LogP contribution is 2.60. The van der Waals surface area contributed by atoms with E-state index in [0.717, 1.165) is 22.2 Å². The highest BCUT2D eigenvalue weighted by atomic mass is 35.5. The lowest BCUT2D eigenvalue weighted by Gasteiger charge is -2.38. The third-order valence-corrected chi connectivity index (χ3v) is 9.75. The maximum Gasteiger partial charge on any atom is 0.238 e. The summed E-state index contributed by atoms with van der Waals surface area (Å²) in [6.07, 6.45) is 2.81. The molecule has 1 saturated heterocycles. The number of amides is 1. The van der Waals surface area contributed by atoms with Crippen molar-refractivity contribution < 1.29 is 19.1 Å². The average molecular weight is 580 g/mol. The molecule has 2 fully saturated rings. The molecule has 2 aliphatic heterocycles. The Hall–Kier alpha value is -1.64. The highest BCUT2D eigenvalue weighted by Gasteiger charge is 2.66. The van der Waals surface area contributed by atoms with Crippen LogP contribution in [-0.2, 0) is 15.0 Å². The van der Waals surface area contributed by atoms with Crippen molar-refractivity contribution in [2.24, 2.45) is 5.41 Å². The van der Waals surface area contributed by atoms with Crippen LogP contribution >= 0.6 is 35.0 Å². The molecule has 1 saturated carbocycles. The van der Waals surface area contributed by atoms with Gasteiger partial charge in [-0.2, -0.15) is 0 Å². The van der Waals surface area contributed by atoms with Crippen molar-refractivity contribution >= 4 is 46.0 Å². The van der Waals surface area contributed by atoms with E-state index < -0.39 is 29.2 Å². The smallest absolute Gasteiger partial charge is 0.238 e. The number of rotatable bonds is 4. The van der Waals surface area contributed by atoms with Gasteiger partial charge in [-0.05, 0) is 66.8 Å². The molecule has 0 aromatic heterocycles. The van der Waals surface area contributed by atoms with E-state index in [-0.39, 0.29) is 39.2 Å². The minimum Gasteiger partial charge on any atom is -0.393 e. The molecule has 2 heterocycles. The van der Waals surface area contributed by atoms with Crippen LogP contribution in [0.25, 0.3) is 0 Å². The topological polar surface area (TPSA) is 78.4 Å². The summed E-state index contributed by atoms with van der Waals surface area (Å²) in [7, 11) is 0. The third-order valence-electron chi connectivity index (χ3n) is 8.14. The van der Waals surface area contributed by atoms with Crippen LogP contribution in [0.15, 0.2) is 41.3 Å². The zero-order chi connectivity index (χ0) is 27.4. The van der Waals surface area contributed by atoms with Crippen LogP contribution in [0.2, 0.25) is 10.0 Å². The van der Waals surface area contributed by atoms with Gasteiger partial charge in [0.1, 0.15) is 5.82 Å². The van der Waals surface area contributed by atoms with Gasteiger partial charge in [0.2, 0.25) is 11.0 Å². The van der Waals surface area contributed by atoms with Gasteiger partial charge >= 0.3 is 0 Å². The number of aliphatic hydroxyl groups is 1. The first kappa shape index (κ1) is 27.9. The van der Waals surface area contributed by atoms with Crippen LogP contribution in [0, 0.1) is 11.2 Å². The molecule has 1 spiro atoms. The van der Waals surface area contributed by atoms with Gasteiger partial charge in [0, 0.05) is 27.9 Å². The Morgan fingerprint density at radius 3 is 2.58 bits per heavy atom. The summed E-state index contributed by atoms with van der Waals surface area (Å²) in [5, 5.41) is 16.9. The average Bonchev–Trinajstić information content (AvgIpc) is 3.31. The van der Waals surface area contributed by atoms with E-state index in [1.807, 2.05) is 6.07 Å². The SMILES string of the molecule is CC(C)(C)CC1NC(C(=O)NC2CCC(O)CC2)C(c2cccc(Cl)c2F)C12C(=O)Sc1cc(Cl)ccc12. The molecule has 2 aromatic rings. The molecule has 3 aliphatic rings. The number of nitrogens with one attached hydrogen (secondary N) is 2. The van der Waals surface area contributed by atoms with Crippen LogP contribution < -0.4 is 10.6 Å². The molecule has 5 rings (SSSR count). The van der Waals surface area contributed by atoms with Crippen molar-refractivity contribution in [2.45, 2.75) is 93.3 Å². The fourth-order valence-corrected chi connectivity index (χ4v) is 8.22. The summed E-state index contributed by atoms with van der Waals surface area (Å²) < 4.78 is 15.8. The molecule has 3 N–H and O–H groups in total. The molecule has 0 bridgehead atoms. The quantitative estimate of drug-likeness (QED) is 0.415. The molecular formula is C29H33Cl2FN2O3S. The molecule has 9 heteroatoms. The van der Waals surface area contributed by atoms with Gasteiger partial charge < -0.3 is 15.7 Å². The largest absolute Gasteiger partial charge is 0.393 e. The highest BCUT2D eigenvalue weighted by molar-refractivity contribution is 8.14. The Kier molecular flexibility index (Phi) is 7.64. The van der Waals surface area contributed by atoms with Crippen LogP contribution in [0.5, 0.6) is 0 Å². The number of carbonyl (C=O) groups is 2. The van der Waals surface area contributed by atoms with Gasteiger partial charge in [-0.25, -0.2) is 4.39 Å². The summed E-state index contributed by atoms with van der Waals surface area (Å²) >= 11 is 13.7. The Bertz CT molecular complexity index is 1260. The van der Waals surface area contributed by atoms with E-state index in [1.165, 1.54) is 6.07 Å². The zero-order valence-electron chi connectivity index (χ0n) is 21.7. The summed E-state index contributed by atoms with van der Waals surface area (Å²) in [6.45, 7) is 6.27. The second-order valence-electron chi connectivity index (χ2n) is 12.0. The van der Waals surface area contributed by atoms with Gasteiger partial charge in [0.05, 0.1) is 22.6 Å². The molecule has 1 aliphatic carbocycles. The van der Waals surface area contributed by atoms with Crippen LogP contribution in [0.3, 0.4) is 0 Å². The number of benzene rings is 2. The minimum absolute atomic E-state index is 0.0493. The van der Waals surface area contributed by atoms with E-state index >= 15 is 4.39 Å². The van der Waals surface area contributed by atoms with Gasteiger partial charge in [-0.1, -0.05) is 73.9 Å². The fraction of sp³-hybridized carbons (Fsp3) is 0.517. The predicted octanol–water partition coefficient (Wildman–Crippen LogP) is 5.98. The standard InChI is InChI=1S/C29H33Cl2FN2O3S/c1-28(2,3)14-22-29(19-12-7-15(30)13-21(19)38-27(29)37)23(18-5-4-6-20(31)24(18)32)25(34-22)26(36)33-16-8-10-17(35)11-9-16/h4-7,12-13,16-17,22-23,25,34-35H,8-11,14H2,1-3H3,(H,33,36). The minimum atomic E-state index is -1.20. The number of carbonyl (C=O) groups excluding carboxylic acids is 2. The van der Waals surface area contributed by atoms with Crippen molar-refractivity contribution in [3.05, 3.63) is 63.4 Å². The second-order valence-corrected chi connectivity index (χ2v) is 13.9. The number of hydrogen-bond acceptors (Lipinski definition) is 5. The van der Waals surface area contributed by atoms with Crippen LogP contribution in [-0.4, -0.2) is 40.4 Å². The molecule has 1 amide bonds. The first-order chi connectivity index (χ1) is 17.9. The zero-order valence-corrected chi connectivity index (χ0v) is 24.0. The molecule has 204 valence electrons. The van der Waals surface area contributed by atoms with Gasteiger partial charge in [-0.3, -0.25) is 9.59 Å². The third kappa shape index (κ3) is 4.90. The van der Waals surface area contributed by atoms with Crippen LogP contribution in [0.4, 0.5) is 4.39 Å². The van der Waals surface area contributed by atoms with Crippen molar-refractivity contribution in [3.8, 4) is 0 Å². The lowest BCUT2D eigenvalue weighted by molar-refractivity contribution is -0.124. The second kappa shape index (κ2) is 10.4.